The van der Waals surface area contributed by atoms with Gasteiger partial charge in [-0.2, -0.15) is 0 Å². The van der Waals surface area contributed by atoms with Gasteiger partial charge in [0.05, 0.1) is 41.7 Å². The maximum Gasteiger partial charge on any atom is 0.326 e. The number of aromatic amines is 2. The van der Waals surface area contributed by atoms with E-state index in [-0.39, 0.29) is 94.5 Å². The van der Waals surface area contributed by atoms with Crippen LogP contribution in [-0.4, -0.2) is 227 Å². The molecule has 3 aromatic carbocycles. The summed E-state index contributed by atoms with van der Waals surface area (Å²) in [4.78, 5) is 161. The van der Waals surface area contributed by atoms with Crippen LogP contribution >= 0.6 is 0 Å². The molecule has 9 amide bonds. The quantitative estimate of drug-likeness (QED) is 0.00870. The minimum atomic E-state index is -1.46. The second-order valence-corrected chi connectivity index (χ2v) is 32.3. The number of hydrogen-bond donors (Lipinski definition) is 20. The number of H-pyrrole nitrogens is 2. The lowest BCUT2D eigenvalue weighted by Gasteiger charge is -2.32. The first kappa shape index (κ1) is 95.5. The topological polar surface area (TPSA) is 531 Å². The van der Waals surface area contributed by atoms with Crippen LogP contribution in [0.5, 0.6) is 5.75 Å². The first-order chi connectivity index (χ1) is 56.0. The molecule has 0 spiro atoms. The van der Waals surface area contributed by atoms with Gasteiger partial charge in [-0.05, 0) is 171 Å². The number of nitrogens with two attached hydrogens (primary N) is 1. The van der Waals surface area contributed by atoms with E-state index < -0.39 is 136 Å². The standard InChI is InChI=1S/C83H125N21O14/c1-13-51(6)71(101-75(110)64(41-56-25-29-61(105)30-26-56)97-77(112)70(50(4)5)100-72(107)62(21-17-34-89-81(84)85)94-69(106)46-86-35-31-54(32-36-92-82(9,10)52(7)102-117)33-37-93-83(11,12)53(8)103-118)78(113)98-66(43-60-45-88-48-91-60)79(114)104-38-18-22-68(104)76(111)96-63(40-55-23-27-58(28-24-55)57-19-15-14-16-20-57)73(108)95-65(42-59-44-87-47-90-59)74(109)99-67(80(115)116)39-49(2)3/h14-16,19-20,23-30,44-45,47-51,54,62-68,70-71,86,92-93,105,117-118H,13,17-18,21-22,31-43,46H2,1-12H3,(H,87,90)(H,88,91)(H,94,106)(H,95,108)(H,96,111)(H,97,112)(H,98,113)(H,99,109)(H,100,107)(H,101,110)(H,115,116)(H4,84,85,89)/b102-52-,103-53-/t51?,62-,63-,64-,65-,66-,67-,68-,70-,71-/m0/s1. The van der Waals surface area contributed by atoms with Crippen molar-refractivity contribution in [2.75, 3.05) is 39.3 Å². The molecule has 1 fully saturated rings. The van der Waals surface area contributed by atoms with Gasteiger partial charge < -0.3 is 105 Å². The van der Waals surface area contributed by atoms with Gasteiger partial charge in [0.2, 0.25) is 53.2 Å². The highest BCUT2D eigenvalue weighted by Crippen LogP contribution is 2.25. The van der Waals surface area contributed by atoms with Crippen molar-refractivity contribution in [1.29, 1.82) is 5.41 Å². The van der Waals surface area contributed by atoms with Gasteiger partial charge in [-0.15, -0.1) is 0 Å². The van der Waals surface area contributed by atoms with E-state index in [0.717, 1.165) is 24.0 Å². The Morgan fingerprint density at radius 3 is 1.59 bits per heavy atom. The molecule has 2 aromatic heterocycles. The number of aliphatic carboxylic acids is 1. The van der Waals surface area contributed by atoms with Crippen LogP contribution in [0.3, 0.4) is 0 Å². The van der Waals surface area contributed by atoms with Crippen LogP contribution in [0.15, 0.2) is 114 Å². The minimum absolute atomic E-state index is 0.0401. The average Bonchev–Trinajstić information content (AvgIpc) is 1.51. The molecular formula is C83H125N21O14. The van der Waals surface area contributed by atoms with Gasteiger partial charge >= 0.3 is 5.97 Å². The molecule has 21 N–H and O–H groups in total. The van der Waals surface area contributed by atoms with E-state index in [9.17, 15) is 49.4 Å². The van der Waals surface area contributed by atoms with Gasteiger partial charge in [0.15, 0.2) is 5.96 Å². The van der Waals surface area contributed by atoms with Crippen molar-refractivity contribution < 1.29 is 68.6 Å². The second kappa shape index (κ2) is 47.2. The third-order valence-corrected chi connectivity index (χ3v) is 21.5. The number of hydrogen-bond acceptors (Lipinski definition) is 21. The van der Waals surface area contributed by atoms with Crippen LogP contribution in [0.25, 0.3) is 11.1 Å². The fourth-order valence-electron chi connectivity index (χ4n) is 13.6. The molecule has 1 aliphatic heterocycles. The zero-order chi connectivity index (χ0) is 86.8. The third kappa shape index (κ3) is 30.9. The van der Waals surface area contributed by atoms with Gasteiger partial charge in [0.25, 0.3) is 0 Å². The van der Waals surface area contributed by atoms with E-state index in [1.54, 1.807) is 79.7 Å². The highest BCUT2D eigenvalue weighted by molar-refractivity contribution is 5.99. The van der Waals surface area contributed by atoms with Crippen molar-refractivity contribution in [3.63, 3.8) is 0 Å². The smallest absolute Gasteiger partial charge is 0.326 e. The Morgan fingerprint density at radius 2 is 1.07 bits per heavy atom. The van der Waals surface area contributed by atoms with Gasteiger partial charge in [0.1, 0.15) is 60.1 Å². The number of rotatable bonds is 50. The Labute approximate surface area is 690 Å². The Hall–Kier alpha value is -11.3. The van der Waals surface area contributed by atoms with E-state index in [2.05, 4.69) is 94.0 Å². The number of amides is 9. The summed E-state index contributed by atoms with van der Waals surface area (Å²) in [6.07, 6.45) is 8.32. The molecule has 3 heterocycles. The fourth-order valence-corrected chi connectivity index (χ4v) is 13.6. The van der Waals surface area contributed by atoms with Crippen LogP contribution in [0.4, 0.5) is 0 Å². The second-order valence-electron chi connectivity index (χ2n) is 32.3. The lowest BCUT2D eigenvalue weighted by Crippen LogP contribution is -2.62. The number of aromatic hydroxyl groups is 1. The summed E-state index contributed by atoms with van der Waals surface area (Å²) in [5, 5.41) is 89.0. The van der Waals surface area contributed by atoms with E-state index in [1.165, 1.54) is 42.1 Å². The molecule has 0 radical (unpaired) electrons. The monoisotopic (exact) mass is 1640 g/mol. The number of aromatic nitrogens is 4. The van der Waals surface area contributed by atoms with E-state index >= 15 is 19.2 Å². The molecule has 0 bridgehead atoms. The highest BCUT2D eigenvalue weighted by Gasteiger charge is 2.42. The Balaban J connectivity index is 1.21. The maximum absolute atomic E-state index is 15.4. The molecule has 6 rings (SSSR count). The number of carboxylic acid groups (broad SMARTS) is 1. The lowest BCUT2D eigenvalue weighted by atomic mass is 9.94. The van der Waals surface area contributed by atoms with E-state index in [0.29, 0.717) is 72.8 Å². The Kier molecular flexibility index (Phi) is 38.2. The molecule has 118 heavy (non-hydrogen) atoms. The molecule has 0 aliphatic carbocycles. The van der Waals surface area contributed by atoms with Crippen molar-refractivity contribution in [3.05, 3.63) is 126 Å². The number of nitrogens with zero attached hydrogens (tertiary/aromatic N) is 5. The SMILES string of the molecule is CCC(C)[C@H](NC(=O)[C@H](Cc1ccc(O)cc1)NC(=O)[C@@H](NC(=O)[C@H](CCCNC(=N)N)NC(=O)CNCCC(CCNC(C)(C)/C(C)=N\O)CCNC(C)(C)/C(C)=N\O)C(C)C)C(=O)N[C@@H](Cc1cnc[nH]1)C(=O)N1CCC[C@H]1C(=O)N[C@@H](Cc1ccc(-c2ccccc2)cc1)C(=O)N[C@@H](Cc1cnc[nH]1)C(=O)N[C@@H](CC(C)C)C(=O)O. The van der Waals surface area contributed by atoms with Crippen molar-refractivity contribution >= 4 is 76.5 Å². The normalized spacial score (nSPS) is 15.6. The van der Waals surface area contributed by atoms with Crippen molar-refractivity contribution in [3.8, 4) is 16.9 Å². The molecule has 5 aromatic rings. The summed E-state index contributed by atoms with van der Waals surface area (Å²) < 4.78 is 0. The molecule has 1 aliphatic rings. The molecular weight excluding hydrogens is 1520 g/mol. The predicted octanol–water partition coefficient (Wildman–Crippen LogP) is 3.55. The average molecular weight is 1640 g/mol. The number of carbonyl (C=O) groups excluding carboxylic acids is 9. The summed E-state index contributed by atoms with van der Waals surface area (Å²) in [6.45, 7) is 23.2. The molecule has 35 nitrogen and oxygen atoms in total. The number of carbonyl (C=O) groups is 10. The van der Waals surface area contributed by atoms with Gasteiger partial charge in [-0.25, -0.2) is 14.8 Å². The number of imidazole rings is 2. The molecule has 646 valence electrons. The van der Waals surface area contributed by atoms with Gasteiger partial charge in [-0.3, -0.25) is 48.6 Å². The predicted molar refractivity (Wildman–Crippen MR) is 447 cm³/mol. The first-order valence-electron chi connectivity index (χ1n) is 40.5. The van der Waals surface area contributed by atoms with Crippen LogP contribution < -0.4 is 69.5 Å². The molecule has 1 saturated heterocycles. The molecule has 10 atom stereocenters. The fraction of sp³-hybridized carbons (Fsp3) is 0.554. The van der Waals surface area contributed by atoms with Crippen molar-refractivity contribution in [2.24, 2.45) is 39.7 Å². The summed E-state index contributed by atoms with van der Waals surface area (Å²) >= 11 is 0. The largest absolute Gasteiger partial charge is 0.508 e. The van der Waals surface area contributed by atoms with Crippen LogP contribution in [0, 0.1) is 29.1 Å². The summed E-state index contributed by atoms with van der Waals surface area (Å²) in [6, 6.07) is 10.8. The Morgan fingerprint density at radius 1 is 0.585 bits per heavy atom. The molecule has 1 unspecified atom stereocenters. The van der Waals surface area contributed by atoms with E-state index in [4.69, 9.17) is 11.1 Å². The Bertz CT molecular complexity index is 4090. The maximum atomic E-state index is 15.4. The summed E-state index contributed by atoms with van der Waals surface area (Å²) in [5.41, 5.74) is 9.21. The van der Waals surface area contributed by atoms with Crippen LogP contribution in [0.1, 0.15) is 163 Å². The zero-order valence-electron chi connectivity index (χ0n) is 69.9. The van der Waals surface area contributed by atoms with Crippen LogP contribution in [-0.2, 0) is 73.6 Å². The number of carboxylic acids is 1. The van der Waals surface area contributed by atoms with Gasteiger partial charge in [-0.1, -0.05) is 125 Å². The molecule has 0 saturated carbocycles. The van der Waals surface area contributed by atoms with Crippen molar-refractivity contribution in [1.82, 2.24) is 88.6 Å². The number of benzene rings is 3. The van der Waals surface area contributed by atoms with Crippen LogP contribution in [0.2, 0.25) is 0 Å². The van der Waals surface area contributed by atoms with E-state index in [1.807, 2.05) is 70.2 Å². The first-order valence-corrected chi connectivity index (χ1v) is 40.5. The number of likely N-dealkylation sites (tertiary alicyclic amines) is 1. The number of oxime groups is 2. The number of phenols is 1. The number of phenolic OH excluding ortho intramolecular Hbond substituents is 1. The summed E-state index contributed by atoms with van der Waals surface area (Å²) in [5.74, 6) is -9.64. The summed E-state index contributed by atoms with van der Waals surface area (Å²) in [7, 11) is 0. The van der Waals surface area contributed by atoms with Crippen molar-refractivity contribution in [2.45, 2.75) is 232 Å². The number of guanidine groups is 1. The minimum Gasteiger partial charge on any atom is -0.508 e. The third-order valence-electron chi connectivity index (χ3n) is 21.5. The lowest BCUT2D eigenvalue weighted by molar-refractivity contribution is -0.143. The van der Waals surface area contributed by atoms with Gasteiger partial charge in [0, 0.05) is 62.6 Å². The zero-order valence-corrected chi connectivity index (χ0v) is 69.9. The number of nitrogens with one attached hydrogen (secondary N) is 15. The molecule has 35 heteroatoms. The highest BCUT2D eigenvalue weighted by atomic mass is 16.4.